The van der Waals surface area contributed by atoms with Gasteiger partial charge in [-0.3, -0.25) is 9.97 Å². The number of hydrogen-bond donors (Lipinski definition) is 1. The lowest BCUT2D eigenvalue weighted by Crippen LogP contribution is -2.42. The summed E-state index contributed by atoms with van der Waals surface area (Å²) in [6, 6.07) is 0. The summed E-state index contributed by atoms with van der Waals surface area (Å²) in [5.74, 6) is 0.0629. The van der Waals surface area contributed by atoms with Crippen molar-refractivity contribution in [3.05, 3.63) is 24.3 Å². The van der Waals surface area contributed by atoms with Gasteiger partial charge in [0.1, 0.15) is 5.60 Å². The van der Waals surface area contributed by atoms with Gasteiger partial charge in [-0.2, -0.15) is 0 Å². The summed E-state index contributed by atoms with van der Waals surface area (Å²) < 4.78 is 5.29. The fourth-order valence-corrected chi connectivity index (χ4v) is 1.78. The molecule has 0 radical (unpaired) electrons. The molecule has 1 aliphatic rings. The van der Waals surface area contributed by atoms with Crippen LogP contribution in [0.25, 0.3) is 0 Å². The number of aliphatic hydroxyl groups is 1. The van der Waals surface area contributed by atoms with Gasteiger partial charge >= 0.3 is 0 Å². The van der Waals surface area contributed by atoms with E-state index in [9.17, 15) is 5.11 Å². The molecule has 1 aromatic heterocycles. The number of hydrogen-bond acceptors (Lipinski definition) is 4. The van der Waals surface area contributed by atoms with E-state index < -0.39 is 5.60 Å². The Balaban J connectivity index is 2.30. The van der Waals surface area contributed by atoms with Crippen LogP contribution in [0.15, 0.2) is 18.6 Å². The Morgan fingerprint density at radius 2 is 2.43 bits per heavy atom. The molecule has 0 saturated carbocycles. The van der Waals surface area contributed by atoms with E-state index in [4.69, 9.17) is 4.74 Å². The van der Waals surface area contributed by atoms with Crippen molar-refractivity contribution in [2.45, 2.75) is 18.9 Å². The molecule has 2 heterocycles. The van der Waals surface area contributed by atoms with Gasteiger partial charge in [-0.05, 0) is 0 Å². The molecule has 0 spiro atoms. The van der Waals surface area contributed by atoms with Crippen LogP contribution < -0.4 is 0 Å². The van der Waals surface area contributed by atoms with E-state index in [0.29, 0.717) is 25.3 Å². The summed E-state index contributed by atoms with van der Waals surface area (Å²) in [6.07, 6.45) is 5.43. The van der Waals surface area contributed by atoms with Crippen molar-refractivity contribution in [2.75, 3.05) is 13.2 Å². The first-order valence-electron chi connectivity index (χ1n) is 4.80. The van der Waals surface area contributed by atoms with E-state index in [-0.39, 0.29) is 5.92 Å². The summed E-state index contributed by atoms with van der Waals surface area (Å²) in [7, 11) is 0. The predicted octanol–water partition coefficient (Wildman–Crippen LogP) is 0.721. The largest absolute Gasteiger partial charge is 0.383 e. The fourth-order valence-electron chi connectivity index (χ4n) is 1.78. The molecule has 14 heavy (non-hydrogen) atoms. The van der Waals surface area contributed by atoms with Crippen molar-refractivity contribution in [2.24, 2.45) is 5.92 Å². The zero-order valence-electron chi connectivity index (χ0n) is 8.18. The Hall–Kier alpha value is -1.00. The predicted molar refractivity (Wildman–Crippen MR) is 50.5 cm³/mol. The van der Waals surface area contributed by atoms with E-state index in [1.165, 1.54) is 0 Å². The van der Waals surface area contributed by atoms with Gasteiger partial charge < -0.3 is 9.84 Å². The van der Waals surface area contributed by atoms with Crippen LogP contribution in [-0.2, 0) is 10.3 Å². The zero-order valence-corrected chi connectivity index (χ0v) is 8.18. The van der Waals surface area contributed by atoms with Crippen LogP contribution >= 0.6 is 0 Å². The SMILES string of the molecule is CC1COCCC1(O)c1cnccn1. The van der Waals surface area contributed by atoms with Crippen molar-refractivity contribution < 1.29 is 9.84 Å². The molecule has 2 unspecified atom stereocenters. The smallest absolute Gasteiger partial charge is 0.115 e. The molecule has 4 heteroatoms. The van der Waals surface area contributed by atoms with E-state index in [1.807, 2.05) is 6.92 Å². The highest BCUT2D eigenvalue weighted by Gasteiger charge is 2.39. The Morgan fingerprint density at radius 3 is 3.07 bits per heavy atom. The molecule has 2 rings (SSSR count). The Morgan fingerprint density at radius 1 is 1.57 bits per heavy atom. The van der Waals surface area contributed by atoms with Crippen LogP contribution in [0, 0.1) is 5.92 Å². The maximum absolute atomic E-state index is 10.4. The summed E-state index contributed by atoms with van der Waals surface area (Å²) in [5, 5.41) is 10.4. The standard InChI is InChI=1S/C10H14N2O2/c1-8-7-14-5-2-10(8,13)9-6-11-3-4-12-9/h3-4,6,8,13H,2,5,7H2,1H3. The minimum atomic E-state index is -0.869. The van der Waals surface area contributed by atoms with Crippen LogP contribution in [0.2, 0.25) is 0 Å². The maximum Gasteiger partial charge on any atom is 0.115 e. The second-order valence-corrected chi connectivity index (χ2v) is 3.74. The van der Waals surface area contributed by atoms with Crippen molar-refractivity contribution in [1.29, 1.82) is 0 Å². The molecule has 0 aliphatic carbocycles. The van der Waals surface area contributed by atoms with Crippen LogP contribution in [0.3, 0.4) is 0 Å². The molecule has 1 aliphatic heterocycles. The first-order valence-corrected chi connectivity index (χ1v) is 4.80. The summed E-state index contributed by atoms with van der Waals surface area (Å²) in [4.78, 5) is 8.13. The minimum absolute atomic E-state index is 0.0629. The van der Waals surface area contributed by atoms with Gasteiger partial charge in [0.25, 0.3) is 0 Å². The number of rotatable bonds is 1. The lowest BCUT2D eigenvalue weighted by atomic mass is 9.82. The lowest BCUT2D eigenvalue weighted by molar-refractivity contribution is -0.114. The third-order valence-corrected chi connectivity index (χ3v) is 2.82. The van der Waals surface area contributed by atoms with Crippen molar-refractivity contribution in [1.82, 2.24) is 9.97 Å². The molecule has 76 valence electrons. The van der Waals surface area contributed by atoms with Crippen LogP contribution in [0.5, 0.6) is 0 Å². The highest BCUT2D eigenvalue weighted by molar-refractivity contribution is 5.10. The van der Waals surface area contributed by atoms with Gasteiger partial charge in [-0.25, -0.2) is 0 Å². The normalized spacial score (nSPS) is 32.9. The van der Waals surface area contributed by atoms with Crippen molar-refractivity contribution >= 4 is 0 Å². The van der Waals surface area contributed by atoms with E-state index >= 15 is 0 Å². The second-order valence-electron chi connectivity index (χ2n) is 3.74. The Kier molecular flexibility index (Phi) is 2.48. The average Bonchev–Trinajstić information content (AvgIpc) is 2.24. The third-order valence-electron chi connectivity index (χ3n) is 2.82. The topological polar surface area (TPSA) is 55.2 Å². The van der Waals surface area contributed by atoms with Gasteiger partial charge in [0.2, 0.25) is 0 Å². The van der Waals surface area contributed by atoms with Crippen molar-refractivity contribution in [3.63, 3.8) is 0 Å². The minimum Gasteiger partial charge on any atom is -0.383 e. The molecule has 0 aromatic carbocycles. The molecule has 1 fully saturated rings. The lowest BCUT2D eigenvalue weighted by Gasteiger charge is -2.37. The first-order chi connectivity index (χ1) is 6.73. The highest BCUT2D eigenvalue weighted by atomic mass is 16.5. The van der Waals surface area contributed by atoms with E-state index in [2.05, 4.69) is 9.97 Å². The maximum atomic E-state index is 10.4. The molecule has 1 saturated heterocycles. The fraction of sp³-hybridized carbons (Fsp3) is 0.600. The Labute approximate surface area is 83.0 Å². The molecule has 2 atom stereocenters. The second kappa shape index (κ2) is 3.63. The van der Waals surface area contributed by atoms with Gasteiger partial charge in [-0.1, -0.05) is 6.92 Å². The molecule has 1 N–H and O–H groups in total. The molecule has 0 amide bonds. The summed E-state index contributed by atoms with van der Waals surface area (Å²) in [5.41, 5.74) is -0.220. The van der Waals surface area contributed by atoms with Crippen LogP contribution in [0.1, 0.15) is 19.0 Å². The van der Waals surface area contributed by atoms with Crippen LogP contribution in [0.4, 0.5) is 0 Å². The number of nitrogens with zero attached hydrogens (tertiary/aromatic N) is 2. The third kappa shape index (κ3) is 1.51. The molecule has 1 aromatic rings. The van der Waals surface area contributed by atoms with Gasteiger partial charge in [-0.15, -0.1) is 0 Å². The van der Waals surface area contributed by atoms with E-state index in [1.54, 1.807) is 18.6 Å². The van der Waals surface area contributed by atoms with Gasteiger partial charge in [0.05, 0.1) is 18.5 Å². The van der Waals surface area contributed by atoms with Gasteiger partial charge in [0.15, 0.2) is 0 Å². The molecule has 0 bridgehead atoms. The van der Waals surface area contributed by atoms with Crippen LogP contribution in [-0.4, -0.2) is 28.3 Å². The average molecular weight is 194 g/mol. The monoisotopic (exact) mass is 194 g/mol. The molecular weight excluding hydrogens is 180 g/mol. The Bertz CT molecular complexity index is 304. The first kappa shape index (κ1) is 9.55. The van der Waals surface area contributed by atoms with Crippen molar-refractivity contribution in [3.8, 4) is 0 Å². The quantitative estimate of drug-likeness (QED) is 0.715. The zero-order chi connectivity index (χ0) is 10.0. The van der Waals surface area contributed by atoms with E-state index in [0.717, 1.165) is 0 Å². The molecule has 4 nitrogen and oxygen atoms in total. The number of aromatic nitrogens is 2. The molecular formula is C10H14N2O2. The summed E-state index contributed by atoms with van der Waals surface area (Å²) in [6.45, 7) is 3.12. The highest BCUT2D eigenvalue weighted by Crippen LogP contribution is 2.34. The number of ether oxygens (including phenoxy) is 1. The summed E-state index contributed by atoms with van der Waals surface area (Å²) >= 11 is 0. The van der Waals surface area contributed by atoms with Gasteiger partial charge in [0, 0.05) is 31.3 Å².